The zero-order valence-corrected chi connectivity index (χ0v) is 19.1. The standard InChI is InChI=1S/C25H34N6O2/c1-16-29-24-23(15-31(16)20-5-2-18(3-6-20)25(32)28-13-10-26)33-22-7-4-19(14-21(22)30-24)17-8-11-27-12-9-17/h4,7,14-15,17-18,20,27H,1-3,5-6,8-13,26H2,(H,28,32)(H,29,30). The van der Waals surface area contributed by atoms with Crippen LogP contribution in [-0.2, 0) is 4.79 Å². The number of nitrogens with one attached hydrogen (secondary N) is 3. The number of hydrogen-bond donors (Lipinski definition) is 4. The van der Waals surface area contributed by atoms with E-state index in [1.54, 1.807) is 0 Å². The normalized spacial score (nSPS) is 25.1. The summed E-state index contributed by atoms with van der Waals surface area (Å²) in [4.78, 5) is 19.1. The second kappa shape index (κ2) is 9.57. The molecule has 0 radical (unpaired) electrons. The molecule has 0 spiro atoms. The number of aliphatic imine (C=N–C) groups is 1. The van der Waals surface area contributed by atoms with Gasteiger partial charge in [0.25, 0.3) is 0 Å². The monoisotopic (exact) mass is 450 g/mol. The first-order valence-electron chi connectivity index (χ1n) is 12.2. The Bertz CT molecular complexity index is 973. The van der Waals surface area contributed by atoms with Crippen molar-refractivity contribution in [2.24, 2.45) is 16.6 Å². The average molecular weight is 451 g/mol. The first-order valence-corrected chi connectivity index (χ1v) is 12.2. The van der Waals surface area contributed by atoms with E-state index in [-0.39, 0.29) is 17.9 Å². The van der Waals surface area contributed by atoms with Crippen LogP contribution in [-0.4, -0.2) is 48.9 Å². The molecular weight excluding hydrogens is 416 g/mol. The molecule has 5 rings (SSSR count). The molecule has 3 aliphatic heterocycles. The summed E-state index contributed by atoms with van der Waals surface area (Å²) in [5, 5.41) is 9.81. The molecule has 4 aliphatic rings. The zero-order chi connectivity index (χ0) is 22.8. The first kappa shape index (κ1) is 22.0. The number of nitrogens with two attached hydrogens (primary N) is 1. The lowest BCUT2D eigenvalue weighted by molar-refractivity contribution is -0.126. The van der Waals surface area contributed by atoms with Crippen molar-refractivity contribution in [3.8, 4) is 5.75 Å². The third-order valence-corrected chi connectivity index (χ3v) is 7.22. The van der Waals surface area contributed by atoms with Crippen molar-refractivity contribution in [3.63, 3.8) is 0 Å². The van der Waals surface area contributed by atoms with Gasteiger partial charge in [0.1, 0.15) is 5.82 Å². The van der Waals surface area contributed by atoms with E-state index in [9.17, 15) is 4.79 Å². The van der Waals surface area contributed by atoms with E-state index < -0.39 is 0 Å². The van der Waals surface area contributed by atoms with Crippen LogP contribution in [0.5, 0.6) is 5.75 Å². The van der Waals surface area contributed by atoms with Crippen molar-refractivity contribution in [2.75, 3.05) is 31.5 Å². The van der Waals surface area contributed by atoms with Crippen molar-refractivity contribution in [3.05, 3.63) is 48.1 Å². The number of carbonyl (C=O) groups excluding carboxylic acids is 1. The number of rotatable bonds is 5. The highest BCUT2D eigenvalue weighted by atomic mass is 16.5. The van der Waals surface area contributed by atoms with Crippen LogP contribution < -0.4 is 26.4 Å². The molecule has 0 atom stereocenters. The number of amides is 1. The number of amidine groups is 1. The van der Waals surface area contributed by atoms with Crippen molar-refractivity contribution < 1.29 is 9.53 Å². The van der Waals surface area contributed by atoms with Gasteiger partial charge in [-0.2, -0.15) is 0 Å². The lowest BCUT2D eigenvalue weighted by Gasteiger charge is -2.38. The summed E-state index contributed by atoms with van der Waals surface area (Å²) < 4.78 is 6.25. The van der Waals surface area contributed by atoms with Crippen LogP contribution in [0.2, 0.25) is 0 Å². The number of benzene rings is 1. The highest BCUT2D eigenvalue weighted by Gasteiger charge is 2.33. The second-order valence-electron chi connectivity index (χ2n) is 9.37. The van der Waals surface area contributed by atoms with Gasteiger partial charge < -0.3 is 31.3 Å². The summed E-state index contributed by atoms with van der Waals surface area (Å²) in [6.45, 7) is 7.35. The maximum absolute atomic E-state index is 12.3. The van der Waals surface area contributed by atoms with E-state index >= 15 is 0 Å². The van der Waals surface area contributed by atoms with Crippen LogP contribution in [0.15, 0.2) is 47.6 Å². The molecule has 8 nitrogen and oxygen atoms in total. The Labute approximate surface area is 195 Å². The van der Waals surface area contributed by atoms with E-state index in [1.807, 2.05) is 6.20 Å². The number of carbonyl (C=O) groups is 1. The summed E-state index contributed by atoms with van der Waals surface area (Å²) in [6, 6.07) is 6.73. The summed E-state index contributed by atoms with van der Waals surface area (Å²) in [7, 11) is 0. The number of nitrogens with zero attached hydrogens (tertiary/aromatic N) is 2. The summed E-state index contributed by atoms with van der Waals surface area (Å²) in [5.74, 6) is 3.72. The van der Waals surface area contributed by atoms with E-state index in [0.717, 1.165) is 63.1 Å². The molecule has 33 heavy (non-hydrogen) atoms. The fourth-order valence-corrected chi connectivity index (χ4v) is 5.33. The number of hydrogen-bond acceptors (Lipinski definition) is 7. The van der Waals surface area contributed by atoms with Gasteiger partial charge in [-0.1, -0.05) is 12.6 Å². The minimum Gasteiger partial charge on any atom is -0.450 e. The summed E-state index contributed by atoms with van der Waals surface area (Å²) in [5.41, 5.74) is 7.81. The van der Waals surface area contributed by atoms with Gasteiger partial charge in [-0.25, -0.2) is 4.99 Å². The van der Waals surface area contributed by atoms with Crippen LogP contribution in [0.1, 0.15) is 50.0 Å². The third-order valence-electron chi connectivity index (χ3n) is 7.22. The van der Waals surface area contributed by atoms with E-state index in [4.69, 9.17) is 15.5 Å². The molecule has 1 aromatic rings. The molecule has 0 bridgehead atoms. The van der Waals surface area contributed by atoms with E-state index in [0.29, 0.717) is 36.4 Å². The fourth-order valence-electron chi connectivity index (χ4n) is 5.33. The Hall–Kier alpha value is -2.84. The number of piperidine rings is 1. The van der Waals surface area contributed by atoms with Crippen molar-refractivity contribution in [1.29, 1.82) is 0 Å². The first-order chi connectivity index (χ1) is 16.1. The van der Waals surface area contributed by atoms with Gasteiger partial charge in [0.15, 0.2) is 17.3 Å². The van der Waals surface area contributed by atoms with Gasteiger partial charge in [-0.15, -0.1) is 0 Å². The van der Waals surface area contributed by atoms with Gasteiger partial charge >= 0.3 is 0 Å². The molecule has 0 unspecified atom stereocenters. The Kier molecular flexibility index (Phi) is 6.37. The molecule has 1 amide bonds. The molecule has 2 fully saturated rings. The molecule has 0 aromatic heterocycles. The van der Waals surface area contributed by atoms with E-state index in [2.05, 4.69) is 45.6 Å². The molecule has 8 heteroatoms. The van der Waals surface area contributed by atoms with Gasteiger partial charge in [0.05, 0.1) is 11.9 Å². The number of anilines is 1. The van der Waals surface area contributed by atoms with Gasteiger partial charge in [-0.3, -0.25) is 4.79 Å². The predicted molar refractivity (Wildman–Crippen MR) is 130 cm³/mol. The number of fused-ring (bicyclic) bond motifs is 2. The lowest BCUT2D eigenvalue weighted by Crippen LogP contribution is -2.41. The SMILES string of the molecule is C=C1N=C2Nc3cc(C4CCNCC4)ccc3OC2=CN1C1CCC(C(=O)NCCN)CC1. The molecular formula is C25H34N6O2. The topological polar surface area (TPSA) is 104 Å². The van der Waals surface area contributed by atoms with Gasteiger partial charge in [0, 0.05) is 25.0 Å². The molecule has 1 aliphatic carbocycles. The Balaban J connectivity index is 1.26. The highest BCUT2D eigenvalue weighted by Crippen LogP contribution is 2.38. The minimum absolute atomic E-state index is 0.0613. The van der Waals surface area contributed by atoms with Crippen molar-refractivity contribution in [2.45, 2.75) is 50.5 Å². The maximum atomic E-state index is 12.3. The second-order valence-corrected chi connectivity index (χ2v) is 9.37. The molecule has 1 saturated heterocycles. The van der Waals surface area contributed by atoms with Crippen LogP contribution in [0.4, 0.5) is 5.69 Å². The smallest absolute Gasteiger partial charge is 0.223 e. The average Bonchev–Trinajstić information content (AvgIpc) is 2.86. The lowest BCUT2D eigenvalue weighted by atomic mass is 9.84. The fraction of sp³-hybridized carbons (Fsp3) is 0.520. The molecule has 1 aromatic carbocycles. The van der Waals surface area contributed by atoms with Crippen LogP contribution in [0.25, 0.3) is 0 Å². The van der Waals surface area contributed by atoms with Crippen molar-refractivity contribution in [1.82, 2.24) is 15.5 Å². The summed E-state index contributed by atoms with van der Waals surface area (Å²) >= 11 is 0. The van der Waals surface area contributed by atoms with Gasteiger partial charge in [0.2, 0.25) is 5.91 Å². The van der Waals surface area contributed by atoms with Crippen LogP contribution in [0, 0.1) is 5.92 Å². The van der Waals surface area contributed by atoms with Crippen LogP contribution >= 0.6 is 0 Å². The van der Waals surface area contributed by atoms with E-state index in [1.165, 1.54) is 5.56 Å². The van der Waals surface area contributed by atoms with Gasteiger partial charge in [-0.05, 0) is 75.2 Å². The molecule has 176 valence electrons. The molecule has 1 saturated carbocycles. The number of ether oxygens (including phenoxy) is 1. The van der Waals surface area contributed by atoms with Crippen molar-refractivity contribution >= 4 is 17.4 Å². The Morgan fingerprint density at radius 1 is 1.21 bits per heavy atom. The highest BCUT2D eigenvalue weighted by molar-refractivity contribution is 6.10. The molecule has 5 N–H and O–H groups in total. The largest absolute Gasteiger partial charge is 0.450 e. The Morgan fingerprint density at radius 2 is 2.00 bits per heavy atom. The predicted octanol–water partition coefficient (Wildman–Crippen LogP) is 2.62. The van der Waals surface area contributed by atoms with Crippen LogP contribution in [0.3, 0.4) is 0 Å². The minimum atomic E-state index is 0.0613. The summed E-state index contributed by atoms with van der Waals surface area (Å²) in [6.07, 6.45) is 7.87. The zero-order valence-electron chi connectivity index (χ0n) is 19.1. The Morgan fingerprint density at radius 3 is 2.76 bits per heavy atom. The maximum Gasteiger partial charge on any atom is 0.223 e. The molecule has 3 heterocycles. The quantitative estimate of drug-likeness (QED) is 0.550. The third kappa shape index (κ3) is 4.63.